The molecule has 43 heavy (non-hydrogen) atoms. The van der Waals surface area contributed by atoms with Gasteiger partial charge in [0.2, 0.25) is 23.7 Å². The molecule has 1 aliphatic heterocycles. The number of phenols is 2. The minimum atomic E-state index is -0.829. The van der Waals surface area contributed by atoms with Gasteiger partial charge in [-0.1, -0.05) is 30.3 Å². The monoisotopic (exact) mass is 588 g/mol. The maximum Gasteiger partial charge on any atom is 0.231 e. The molecule has 0 amide bonds. The topological polar surface area (TPSA) is 135 Å². The van der Waals surface area contributed by atoms with Gasteiger partial charge in [-0.25, -0.2) is 0 Å². The molecule has 4 aromatic carbocycles. The number of methoxy groups -OCH3 is 5. The van der Waals surface area contributed by atoms with Gasteiger partial charge in [0.1, 0.15) is 22.1 Å². The van der Waals surface area contributed by atoms with Gasteiger partial charge < -0.3 is 47.8 Å². The standard InChI is InChI=1S/C32H28O11/c1-36-17-12-19(38-3)18(37-2)11-16(17)22(15-9-7-6-8-10-15)24-27(34)32(40-5)28(35)25-26(33)23-20(43-30(24)25)13-21-29(31(23)39-4)42-14-41-21/h6-13,22,34-35H,14H2,1-5H3. The van der Waals surface area contributed by atoms with Crippen LogP contribution in [0.5, 0.6) is 51.7 Å². The molecule has 0 fully saturated rings. The highest BCUT2D eigenvalue weighted by molar-refractivity contribution is 6.02. The summed E-state index contributed by atoms with van der Waals surface area (Å²) in [6, 6.07) is 14.1. The smallest absolute Gasteiger partial charge is 0.231 e. The summed E-state index contributed by atoms with van der Waals surface area (Å²) in [6.45, 7) is -0.0734. The molecule has 0 spiro atoms. The molecule has 11 heteroatoms. The largest absolute Gasteiger partial charge is 0.504 e. The van der Waals surface area contributed by atoms with Crippen molar-refractivity contribution in [3.63, 3.8) is 0 Å². The lowest BCUT2D eigenvalue weighted by atomic mass is 9.82. The average Bonchev–Trinajstić information content (AvgIpc) is 3.50. The second-order valence-electron chi connectivity index (χ2n) is 9.59. The molecule has 222 valence electrons. The van der Waals surface area contributed by atoms with Gasteiger partial charge >= 0.3 is 0 Å². The summed E-state index contributed by atoms with van der Waals surface area (Å²) in [5.74, 6) is -0.298. The first-order valence-corrected chi connectivity index (χ1v) is 13.1. The summed E-state index contributed by atoms with van der Waals surface area (Å²) < 4.78 is 45.4. The van der Waals surface area contributed by atoms with Gasteiger partial charge in [-0.05, 0) is 11.6 Å². The van der Waals surface area contributed by atoms with Crippen LogP contribution in [0.25, 0.3) is 21.9 Å². The van der Waals surface area contributed by atoms with Gasteiger partial charge in [0.25, 0.3) is 0 Å². The number of benzene rings is 4. The second kappa shape index (κ2) is 10.8. The Balaban J connectivity index is 1.81. The molecule has 2 N–H and O–H groups in total. The Bertz CT molecular complexity index is 1930. The maximum absolute atomic E-state index is 14.2. The fourth-order valence-electron chi connectivity index (χ4n) is 5.62. The fourth-order valence-corrected chi connectivity index (χ4v) is 5.62. The molecule has 1 unspecified atom stereocenters. The zero-order chi connectivity index (χ0) is 30.4. The molecule has 0 aliphatic carbocycles. The second-order valence-corrected chi connectivity index (χ2v) is 9.59. The number of hydrogen-bond acceptors (Lipinski definition) is 11. The van der Waals surface area contributed by atoms with E-state index < -0.39 is 22.8 Å². The van der Waals surface area contributed by atoms with Crippen LogP contribution >= 0.6 is 0 Å². The number of hydrogen-bond donors (Lipinski definition) is 2. The normalized spacial score (nSPS) is 12.8. The lowest BCUT2D eigenvalue weighted by Crippen LogP contribution is -2.11. The summed E-state index contributed by atoms with van der Waals surface area (Å²) in [6.07, 6.45) is 0. The van der Waals surface area contributed by atoms with E-state index in [9.17, 15) is 15.0 Å². The van der Waals surface area contributed by atoms with Crippen molar-refractivity contribution in [3.8, 4) is 51.7 Å². The third-order valence-electron chi connectivity index (χ3n) is 7.52. The number of phenolic OH excluding ortho intramolecular Hbond substituents is 2. The Kier molecular flexibility index (Phi) is 6.93. The Morgan fingerprint density at radius 1 is 0.744 bits per heavy atom. The highest BCUT2D eigenvalue weighted by Gasteiger charge is 2.35. The van der Waals surface area contributed by atoms with Crippen LogP contribution in [0.4, 0.5) is 0 Å². The van der Waals surface area contributed by atoms with Crippen LogP contribution in [-0.4, -0.2) is 52.6 Å². The fraction of sp³-hybridized carbons (Fsp3) is 0.219. The molecule has 0 saturated carbocycles. The van der Waals surface area contributed by atoms with Gasteiger partial charge in [0.15, 0.2) is 40.1 Å². The molecular weight excluding hydrogens is 560 g/mol. The molecule has 1 aliphatic rings. The van der Waals surface area contributed by atoms with E-state index in [1.54, 1.807) is 12.1 Å². The van der Waals surface area contributed by atoms with Crippen LogP contribution < -0.4 is 38.6 Å². The Labute approximate surface area is 245 Å². The summed E-state index contributed by atoms with van der Waals surface area (Å²) in [7, 11) is 7.18. The Morgan fingerprint density at radius 3 is 2.07 bits per heavy atom. The average molecular weight is 589 g/mol. The van der Waals surface area contributed by atoms with Crippen molar-refractivity contribution in [2.45, 2.75) is 5.92 Å². The van der Waals surface area contributed by atoms with Crippen LogP contribution in [0.3, 0.4) is 0 Å². The van der Waals surface area contributed by atoms with Gasteiger partial charge in [0, 0.05) is 23.6 Å². The minimum Gasteiger partial charge on any atom is -0.504 e. The molecule has 0 bridgehead atoms. The third-order valence-corrected chi connectivity index (χ3v) is 7.52. The summed E-state index contributed by atoms with van der Waals surface area (Å²) in [4.78, 5) is 14.2. The molecule has 5 aromatic rings. The van der Waals surface area contributed by atoms with Crippen molar-refractivity contribution < 1.29 is 47.8 Å². The van der Waals surface area contributed by atoms with E-state index in [1.807, 2.05) is 30.3 Å². The lowest BCUT2D eigenvalue weighted by Gasteiger charge is -2.25. The molecule has 6 rings (SSSR count). The van der Waals surface area contributed by atoms with E-state index in [0.717, 1.165) is 0 Å². The van der Waals surface area contributed by atoms with Gasteiger partial charge in [-0.15, -0.1) is 0 Å². The van der Waals surface area contributed by atoms with E-state index in [4.69, 9.17) is 37.6 Å². The number of ether oxygens (including phenoxy) is 7. The zero-order valence-corrected chi connectivity index (χ0v) is 24.0. The first-order chi connectivity index (χ1) is 20.9. The highest BCUT2D eigenvalue weighted by atomic mass is 16.7. The van der Waals surface area contributed by atoms with Crippen molar-refractivity contribution in [2.24, 2.45) is 0 Å². The Morgan fingerprint density at radius 2 is 1.42 bits per heavy atom. The molecule has 11 nitrogen and oxygen atoms in total. The first-order valence-electron chi connectivity index (χ1n) is 13.1. The summed E-state index contributed by atoms with van der Waals surface area (Å²) in [5.41, 5.74) is 0.756. The molecule has 1 atom stereocenters. The Hall–Kier alpha value is -5.45. The highest BCUT2D eigenvalue weighted by Crippen LogP contribution is 2.54. The van der Waals surface area contributed by atoms with Crippen LogP contribution in [0.2, 0.25) is 0 Å². The number of aromatic hydroxyl groups is 2. The zero-order valence-electron chi connectivity index (χ0n) is 24.0. The number of rotatable bonds is 8. The van der Waals surface area contributed by atoms with E-state index >= 15 is 0 Å². The van der Waals surface area contributed by atoms with Crippen LogP contribution in [0.1, 0.15) is 22.6 Å². The van der Waals surface area contributed by atoms with Gasteiger partial charge in [0.05, 0.1) is 41.1 Å². The number of fused-ring (bicyclic) bond motifs is 3. The van der Waals surface area contributed by atoms with E-state index in [-0.39, 0.29) is 51.5 Å². The molecule has 1 aromatic heterocycles. The maximum atomic E-state index is 14.2. The third kappa shape index (κ3) is 4.15. The lowest BCUT2D eigenvalue weighted by molar-refractivity contribution is 0.171. The van der Waals surface area contributed by atoms with Crippen LogP contribution in [0, 0.1) is 0 Å². The van der Waals surface area contributed by atoms with Crippen LogP contribution in [-0.2, 0) is 0 Å². The van der Waals surface area contributed by atoms with Crippen molar-refractivity contribution in [2.75, 3.05) is 42.3 Å². The quantitative estimate of drug-likeness (QED) is 0.180. The van der Waals surface area contributed by atoms with Gasteiger partial charge in [-0.2, -0.15) is 0 Å². The predicted molar refractivity (Wildman–Crippen MR) is 156 cm³/mol. The van der Waals surface area contributed by atoms with E-state index in [0.29, 0.717) is 34.1 Å². The van der Waals surface area contributed by atoms with Crippen LogP contribution in [0.15, 0.2) is 57.7 Å². The molecule has 2 heterocycles. The van der Waals surface area contributed by atoms with E-state index in [2.05, 4.69) is 0 Å². The van der Waals surface area contributed by atoms with E-state index in [1.165, 1.54) is 41.6 Å². The van der Waals surface area contributed by atoms with Crippen molar-refractivity contribution >= 4 is 21.9 Å². The summed E-state index contributed by atoms with van der Waals surface area (Å²) in [5, 5.41) is 22.9. The molecular formula is C32H28O11. The predicted octanol–water partition coefficient (Wildman–Crippen LogP) is 5.31. The van der Waals surface area contributed by atoms with Gasteiger partial charge in [-0.3, -0.25) is 4.79 Å². The summed E-state index contributed by atoms with van der Waals surface area (Å²) >= 11 is 0. The molecule has 0 radical (unpaired) electrons. The van der Waals surface area contributed by atoms with Crippen molar-refractivity contribution in [3.05, 3.63) is 75.4 Å². The first kappa shape index (κ1) is 27.7. The van der Waals surface area contributed by atoms with Crippen molar-refractivity contribution in [1.82, 2.24) is 0 Å². The SMILES string of the molecule is COc1cc(OC)c(C(c2ccccc2)c2c(O)c(OC)c(O)c3c(=O)c4c(OC)c5c(cc4oc23)OCO5)cc1OC. The molecule has 0 saturated heterocycles. The van der Waals surface area contributed by atoms with Crippen molar-refractivity contribution in [1.29, 1.82) is 0 Å². The minimum absolute atomic E-state index is 0.0215.